The minimum atomic E-state index is 0.278. The van der Waals surface area contributed by atoms with E-state index in [9.17, 15) is 0 Å². The molecule has 25 heavy (non-hydrogen) atoms. The van der Waals surface area contributed by atoms with Crippen LogP contribution in [0, 0.1) is 13.8 Å². The molecule has 1 atom stereocenters. The van der Waals surface area contributed by atoms with Crippen LogP contribution in [0.5, 0.6) is 0 Å². The van der Waals surface area contributed by atoms with E-state index in [1.54, 1.807) is 0 Å². The molecule has 0 saturated heterocycles. The fourth-order valence-electron chi connectivity index (χ4n) is 4.00. The number of aryl methyl sites for hydroxylation is 3. The fourth-order valence-corrected chi connectivity index (χ4v) is 4.00. The molecule has 0 fully saturated rings. The molecular weight excluding hydrogens is 306 g/mol. The van der Waals surface area contributed by atoms with Crippen LogP contribution in [-0.2, 0) is 13.1 Å². The van der Waals surface area contributed by atoms with Gasteiger partial charge in [0.05, 0.1) is 11.7 Å². The molecule has 0 aliphatic carbocycles. The largest absolute Gasteiger partial charge is 0.350 e. The van der Waals surface area contributed by atoms with Crippen LogP contribution in [0.15, 0.2) is 60.9 Å². The lowest BCUT2D eigenvalue weighted by atomic mass is 9.95. The quantitative estimate of drug-likeness (QED) is 0.705. The predicted molar refractivity (Wildman–Crippen MR) is 101 cm³/mol. The van der Waals surface area contributed by atoms with Gasteiger partial charge in [-0.3, -0.25) is 9.88 Å². The highest BCUT2D eigenvalue weighted by Crippen LogP contribution is 2.34. The van der Waals surface area contributed by atoms with Gasteiger partial charge in [-0.15, -0.1) is 0 Å². The number of rotatable bonds is 3. The zero-order valence-electron chi connectivity index (χ0n) is 15.0. The Morgan fingerprint density at radius 1 is 1.04 bits per heavy atom. The van der Waals surface area contributed by atoms with E-state index in [1.807, 2.05) is 12.3 Å². The van der Waals surface area contributed by atoms with Crippen LogP contribution in [0.2, 0.25) is 0 Å². The van der Waals surface area contributed by atoms with E-state index >= 15 is 0 Å². The van der Waals surface area contributed by atoms with Crippen molar-refractivity contribution in [1.82, 2.24) is 14.5 Å². The van der Waals surface area contributed by atoms with E-state index in [-0.39, 0.29) is 6.04 Å². The molecular formula is C22H25N3. The molecule has 0 N–H and O–H groups in total. The summed E-state index contributed by atoms with van der Waals surface area (Å²) in [6.07, 6.45) is 5.27. The van der Waals surface area contributed by atoms with E-state index in [1.165, 1.54) is 22.4 Å². The lowest BCUT2D eigenvalue weighted by Gasteiger charge is -2.31. The third kappa shape index (κ3) is 3.24. The SMILES string of the molecule is Cc1ccc([C@@H]2c3cccn3CCCN2Cc2ccccn2)c(C)c1. The maximum absolute atomic E-state index is 4.56. The Hall–Kier alpha value is -2.39. The van der Waals surface area contributed by atoms with Gasteiger partial charge in [-0.25, -0.2) is 0 Å². The number of benzene rings is 1. The molecule has 0 radical (unpaired) electrons. The predicted octanol–water partition coefficient (Wildman–Crippen LogP) is 4.50. The summed E-state index contributed by atoms with van der Waals surface area (Å²) in [5.41, 5.74) is 6.62. The minimum Gasteiger partial charge on any atom is -0.350 e. The molecule has 1 aromatic carbocycles. The van der Waals surface area contributed by atoms with Crippen LogP contribution in [0.1, 0.15) is 40.5 Å². The van der Waals surface area contributed by atoms with Crippen LogP contribution >= 0.6 is 0 Å². The maximum atomic E-state index is 4.56. The summed E-state index contributed by atoms with van der Waals surface area (Å²) in [5.74, 6) is 0. The van der Waals surface area contributed by atoms with Crippen molar-refractivity contribution in [2.45, 2.75) is 39.4 Å². The van der Waals surface area contributed by atoms with Crippen LogP contribution in [-0.4, -0.2) is 21.0 Å². The Morgan fingerprint density at radius 2 is 1.96 bits per heavy atom. The molecule has 0 unspecified atom stereocenters. The number of aromatic nitrogens is 2. The molecule has 0 saturated carbocycles. The van der Waals surface area contributed by atoms with E-state index in [4.69, 9.17) is 0 Å². The highest BCUT2D eigenvalue weighted by Gasteiger charge is 2.28. The van der Waals surface area contributed by atoms with Crippen LogP contribution in [0.25, 0.3) is 0 Å². The number of hydrogen-bond acceptors (Lipinski definition) is 2. The molecule has 3 heterocycles. The van der Waals surface area contributed by atoms with Crippen molar-refractivity contribution in [2.75, 3.05) is 6.54 Å². The molecule has 0 amide bonds. The van der Waals surface area contributed by atoms with Gasteiger partial charge in [-0.1, -0.05) is 29.8 Å². The lowest BCUT2D eigenvalue weighted by molar-refractivity contribution is 0.217. The Bertz CT molecular complexity index is 851. The van der Waals surface area contributed by atoms with Crippen LogP contribution < -0.4 is 0 Å². The molecule has 3 aromatic rings. The summed E-state index contributed by atoms with van der Waals surface area (Å²) >= 11 is 0. The standard InChI is InChI=1S/C22H25N3/c1-17-9-10-20(18(2)15-17)22-21-8-5-12-24(21)13-6-14-25(22)16-19-7-3-4-11-23-19/h3-5,7-12,15,22H,6,13-14,16H2,1-2H3/t22-/m1/s1. The third-order valence-electron chi connectivity index (χ3n) is 5.17. The third-order valence-corrected chi connectivity index (χ3v) is 5.17. The summed E-state index contributed by atoms with van der Waals surface area (Å²) in [5, 5.41) is 0. The lowest BCUT2D eigenvalue weighted by Crippen LogP contribution is -2.30. The second kappa shape index (κ2) is 6.85. The molecule has 1 aliphatic rings. The average Bonchev–Trinajstić information content (AvgIpc) is 2.99. The van der Waals surface area contributed by atoms with Gasteiger partial charge in [0, 0.05) is 37.7 Å². The zero-order valence-corrected chi connectivity index (χ0v) is 15.0. The fraction of sp³-hybridized carbons (Fsp3) is 0.318. The van der Waals surface area contributed by atoms with Crippen molar-refractivity contribution in [3.05, 3.63) is 89.0 Å². The first-order valence-electron chi connectivity index (χ1n) is 9.08. The minimum absolute atomic E-state index is 0.278. The number of nitrogens with zero attached hydrogens (tertiary/aromatic N) is 3. The molecule has 4 rings (SSSR count). The smallest absolute Gasteiger partial charge is 0.0762 e. The van der Waals surface area contributed by atoms with Crippen molar-refractivity contribution in [1.29, 1.82) is 0 Å². The van der Waals surface area contributed by atoms with Crippen molar-refractivity contribution < 1.29 is 0 Å². The number of fused-ring (bicyclic) bond motifs is 1. The van der Waals surface area contributed by atoms with E-state index < -0.39 is 0 Å². The summed E-state index contributed by atoms with van der Waals surface area (Å²) < 4.78 is 2.42. The Labute approximate surface area is 149 Å². The molecule has 0 bridgehead atoms. The van der Waals surface area contributed by atoms with Gasteiger partial charge in [0.2, 0.25) is 0 Å². The first-order chi connectivity index (χ1) is 12.2. The van der Waals surface area contributed by atoms with E-state index in [0.717, 1.165) is 31.7 Å². The van der Waals surface area contributed by atoms with Crippen LogP contribution in [0.3, 0.4) is 0 Å². The van der Waals surface area contributed by atoms with Crippen molar-refractivity contribution in [3.63, 3.8) is 0 Å². The monoisotopic (exact) mass is 331 g/mol. The Kier molecular flexibility index (Phi) is 4.41. The van der Waals surface area contributed by atoms with Gasteiger partial charge in [-0.2, -0.15) is 0 Å². The maximum Gasteiger partial charge on any atom is 0.0762 e. The first-order valence-corrected chi connectivity index (χ1v) is 9.08. The second-order valence-corrected chi connectivity index (χ2v) is 7.03. The molecule has 1 aliphatic heterocycles. The molecule has 3 nitrogen and oxygen atoms in total. The first kappa shape index (κ1) is 16.1. The molecule has 0 spiro atoms. The van der Waals surface area contributed by atoms with E-state index in [2.05, 4.69) is 77.0 Å². The van der Waals surface area contributed by atoms with Crippen molar-refractivity contribution >= 4 is 0 Å². The second-order valence-electron chi connectivity index (χ2n) is 7.03. The summed E-state index contributed by atoms with van der Waals surface area (Å²) in [7, 11) is 0. The Morgan fingerprint density at radius 3 is 2.76 bits per heavy atom. The molecule has 2 aromatic heterocycles. The normalized spacial score (nSPS) is 17.9. The number of pyridine rings is 1. The van der Waals surface area contributed by atoms with Gasteiger partial charge in [0.1, 0.15) is 0 Å². The van der Waals surface area contributed by atoms with Crippen LogP contribution in [0.4, 0.5) is 0 Å². The highest BCUT2D eigenvalue weighted by molar-refractivity contribution is 5.38. The molecule has 128 valence electrons. The van der Waals surface area contributed by atoms with Crippen molar-refractivity contribution in [3.8, 4) is 0 Å². The summed E-state index contributed by atoms with van der Waals surface area (Å²) in [4.78, 5) is 7.15. The van der Waals surface area contributed by atoms with Gasteiger partial charge >= 0.3 is 0 Å². The van der Waals surface area contributed by atoms with Gasteiger partial charge in [-0.05, 0) is 55.7 Å². The van der Waals surface area contributed by atoms with E-state index in [0.29, 0.717) is 0 Å². The summed E-state index contributed by atoms with van der Waals surface area (Å²) in [6.45, 7) is 7.44. The van der Waals surface area contributed by atoms with Gasteiger partial charge in [0.15, 0.2) is 0 Å². The topological polar surface area (TPSA) is 21.1 Å². The Balaban J connectivity index is 1.78. The average molecular weight is 331 g/mol. The summed E-state index contributed by atoms with van der Waals surface area (Å²) in [6, 6.07) is 17.8. The number of hydrogen-bond donors (Lipinski definition) is 0. The highest BCUT2D eigenvalue weighted by atomic mass is 15.2. The van der Waals surface area contributed by atoms with Crippen molar-refractivity contribution in [2.24, 2.45) is 0 Å². The van der Waals surface area contributed by atoms with Gasteiger partial charge < -0.3 is 4.57 Å². The van der Waals surface area contributed by atoms with Gasteiger partial charge in [0.25, 0.3) is 0 Å². The zero-order chi connectivity index (χ0) is 17.2. The molecule has 3 heteroatoms.